The number of nitrogens with zero attached hydrogens (tertiary/aromatic N) is 1. The molecule has 156 valence electrons. The minimum atomic E-state index is -4.12. The molecule has 0 fully saturated rings. The molecule has 0 amide bonds. The van der Waals surface area contributed by atoms with Crippen molar-refractivity contribution >= 4 is 21.7 Å². The Morgan fingerprint density at radius 1 is 1.03 bits per heavy atom. The van der Waals surface area contributed by atoms with Gasteiger partial charge in [0.15, 0.2) is 11.5 Å². The summed E-state index contributed by atoms with van der Waals surface area (Å²) in [6.07, 6.45) is 0. The second-order valence-electron chi connectivity index (χ2n) is 6.02. The fourth-order valence-corrected chi connectivity index (χ4v) is 4.31. The summed E-state index contributed by atoms with van der Waals surface area (Å²) >= 11 is 0. The second kappa shape index (κ2) is 9.04. The highest BCUT2D eigenvalue weighted by molar-refractivity contribution is 7.92. The zero-order valence-corrected chi connectivity index (χ0v) is 17.1. The molecule has 0 unspecified atom stereocenters. The minimum absolute atomic E-state index is 0.0302. The van der Waals surface area contributed by atoms with Gasteiger partial charge >= 0.3 is 5.97 Å². The monoisotopic (exact) mass is 421 g/mol. The van der Waals surface area contributed by atoms with Gasteiger partial charge in [-0.2, -0.15) is 0 Å². The number of sulfonamides is 1. The van der Waals surface area contributed by atoms with E-state index >= 15 is 0 Å². The Labute approximate surface area is 170 Å². The molecular formula is C20H23NO7S. The van der Waals surface area contributed by atoms with Crippen LogP contribution in [-0.4, -0.2) is 47.4 Å². The van der Waals surface area contributed by atoms with Crippen LogP contribution in [0.5, 0.6) is 17.2 Å². The molecule has 2 aromatic carbocycles. The van der Waals surface area contributed by atoms with Crippen LogP contribution in [-0.2, 0) is 19.6 Å². The van der Waals surface area contributed by atoms with E-state index in [9.17, 15) is 13.2 Å². The standard InChI is InChI=1S/C20H23NO7S/c1-3-25-17-8-6-5-7-16(17)21(14-20(22)26-4-2)29(23,24)15-9-10-18-19(13-15)28-12-11-27-18/h5-10,13H,3-4,11-12,14H2,1-2H3. The highest BCUT2D eigenvalue weighted by Crippen LogP contribution is 2.36. The maximum Gasteiger partial charge on any atom is 0.326 e. The molecule has 3 rings (SSSR count). The average Bonchev–Trinajstić information content (AvgIpc) is 2.72. The maximum atomic E-state index is 13.5. The summed E-state index contributed by atoms with van der Waals surface area (Å²) < 4.78 is 49.5. The van der Waals surface area contributed by atoms with Crippen molar-refractivity contribution in [2.75, 3.05) is 37.3 Å². The van der Waals surface area contributed by atoms with E-state index in [1.807, 2.05) is 0 Å². The van der Waals surface area contributed by atoms with Gasteiger partial charge in [0.1, 0.15) is 25.5 Å². The Morgan fingerprint density at radius 2 is 1.76 bits per heavy atom. The van der Waals surface area contributed by atoms with E-state index in [4.69, 9.17) is 18.9 Å². The van der Waals surface area contributed by atoms with E-state index in [1.54, 1.807) is 44.2 Å². The number of benzene rings is 2. The van der Waals surface area contributed by atoms with Crippen molar-refractivity contribution in [1.29, 1.82) is 0 Å². The SMILES string of the molecule is CCOC(=O)CN(c1ccccc1OCC)S(=O)(=O)c1ccc2c(c1)OCCO2. The van der Waals surface area contributed by atoms with Crippen molar-refractivity contribution in [3.8, 4) is 17.2 Å². The van der Waals surface area contributed by atoms with Crippen molar-refractivity contribution in [3.63, 3.8) is 0 Å². The molecule has 1 aliphatic rings. The number of para-hydroxylation sites is 2. The van der Waals surface area contributed by atoms with E-state index in [0.717, 1.165) is 4.31 Å². The number of carbonyl (C=O) groups is 1. The van der Waals surface area contributed by atoms with Crippen molar-refractivity contribution in [2.45, 2.75) is 18.7 Å². The third kappa shape index (κ3) is 4.56. The van der Waals surface area contributed by atoms with Crippen LogP contribution in [0.4, 0.5) is 5.69 Å². The van der Waals surface area contributed by atoms with Crippen molar-refractivity contribution in [2.24, 2.45) is 0 Å². The molecule has 0 aliphatic carbocycles. The molecule has 0 atom stereocenters. The van der Waals surface area contributed by atoms with Gasteiger partial charge in [-0.1, -0.05) is 12.1 Å². The number of fused-ring (bicyclic) bond motifs is 1. The maximum absolute atomic E-state index is 13.5. The number of rotatable bonds is 8. The molecule has 0 radical (unpaired) electrons. The zero-order chi connectivity index (χ0) is 20.9. The van der Waals surface area contributed by atoms with Gasteiger partial charge in [-0.3, -0.25) is 9.10 Å². The van der Waals surface area contributed by atoms with Gasteiger partial charge in [-0.25, -0.2) is 8.42 Å². The molecular weight excluding hydrogens is 398 g/mol. The van der Waals surface area contributed by atoms with Crippen LogP contribution in [0.25, 0.3) is 0 Å². The fourth-order valence-electron chi connectivity index (χ4n) is 2.88. The van der Waals surface area contributed by atoms with Gasteiger partial charge in [0, 0.05) is 6.07 Å². The van der Waals surface area contributed by atoms with Crippen LogP contribution in [0.3, 0.4) is 0 Å². The molecule has 8 nitrogen and oxygen atoms in total. The quantitative estimate of drug-likeness (QED) is 0.605. The topological polar surface area (TPSA) is 91.4 Å². The summed E-state index contributed by atoms with van der Waals surface area (Å²) in [6.45, 7) is 4.17. The van der Waals surface area contributed by atoms with Crippen molar-refractivity contribution < 1.29 is 32.2 Å². The van der Waals surface area contributed by atoms with Gasteiger partial charge in [0.2, 0.25) is 0 Å². The third-order valence-corrected chi connectivity index (χ3v) is 5.87. The molecule has 9 heteroatoms. The lowest BCUT2D eigenvalue weighted by Crippen LogP contribution is -2.37. The first-order valence-electron chi connectivity index (χ1n) is 9.27. The van der Waals surface area contributed by atoms with Crippen LogP contribution in [0.1, 0.15) is 13.8 Å². The lowest BCUT2D eigenvalue weighted by atomic mass is 10.3. The van der Waals surface area contributed by atoms with Crippen LogP contribution in [0.15, 0.2) is 47.4 Å². The summed E-state index contributed by atoms with van der Waals surface area (Å²) in [7, 11) is -4.12. The molecule has 0 spiro atoms. The highest BCUT2D eigenvalue weighted by atomic mass is 32.2. The first kappa shape index (κ1) is 20.8. The Morgan fingerprint density at radius 3 is 2.48 bits per heavy atom. The molecule has 29 heavy (non-hydrogen) atoms. The van der Waals surface area contributed by atoms with Crippen molar-refractivity contribution in [3.05, 3.63) is 42.5 Å². The predicted molar refractivity (Wildman–Crippen MR) is 106 cm³/mol. The molecule has 0 N–H and O–H groups in total. The Balaban J connectivity index is 2.06. The van der Waals surface area contributed by atoms with Crippen LogP contribution >= 0.6 is 0 Å². The lowest BCUT2D eigenvalue weighted by molar-refractivity contribution is -0.141. The van der Waals surface area contributed by atoms with Crippen LogP contribution < -0.4 is 18.5 Å². The number of hydrogen-bond donors (Lipinski definition) is 0. The number of ether oxygens (including phenoxy) is 4. The predicted octanol–water partition coefficient (Wildman–Crippen LogP) is 2.61. The Kier molecular flexibility index (Phi) is 6.48. The van der Waals surface area contributed by atoms with E-state index in [2.05, 4.69) is 0 Å². The first-order valence-corrected chi connectivity index (χ1v) is 10.7. The lowest BCUT2D eigenvalue weighted by Gasteiger charge is -2.26. The zero-order valence-electron chi connectivity index (χ0n) is 16.3. The number of hydrogen-bond acceptors (Lipinski definition) is 7. The molecule has 1 aliphatic heterocycles. The van der Waals surface area contributed by atoms with Crippen LogP contribution in [0, 0.1) is 0 Å². The second-order valence-corrected chi connectivity index (χ2v) is 7.89. The smallest absolute Gasteiger partial charge is 0.326 e. The number of esters is 1. The molecule has 0 bridgehead atoms. The summed E-state index contributed by atoms with van der Waals surface area (Å²) in [4.78, 5) is 12.2. The first-order chi connectivity index (χ1) is 14.0. The third-order valence-electron chi connectivity index (χ3n) is 4.11. The molecule has 0 saturated carbocycles. The molecule has 0 aromatic heterocycles. The van der Waals surface area contributed by atoms with Crippen molar-refractivity contribution in [1.82, 2.24) is 0 Å². The van der Waals surface area contributed by atoms with Gasteiger partial charge in [0.05, 0.1) is 23.8 Å². The number of carbonyl (C=O) groups excluding carboxylic acids is 1. The van der Waals surface area contributed by atoms with E-state index in [0.29, 0.717) is 37.1 Å². The Hall–Kier alpha value is -2.94. The summed E-state index contributed by atoms with van der Waals surface area (Å²) in [6, 6.07) is 11.0. The Bertz CT molecular complexity index is 975. The molecule has 2 aromatic rings. The van der Waals surface area contributed by atoms with Gasteiger partial charge in [-0.05, 0) is 38.1 Å². The van der Waals surface area contributed by atoms with E-state index in [1.165, 1.54) is 12.1 Å². The van der Waals surface area contributed by atoms with E-state index in [-0.39, 0.29) is 17.2 Å². The normalized spacial score (nSPS) is 12.9. The largest absolute Gasteiger partial charge is 0.492 e. The minimum Gasteiger partial charge on any atom is -0.492 e. The average molecular weight is 421 g/mol. The summed E-state index contributed by atoms with van der Waals surface area (Å²) in [5, 5.41) is 0. The molecule has 0 saturated heterocycles. The van der Waals surface area contributed by atoms with Gasteiger partial charge in [0.25, 0.3) is 10.0 Å². The number of anilines is 1. The summed E-state index contributed by atoms with van der Waals surface area (Å²) in [5.74, 6) is 0.494. The van der Waals surface area contributed by atoms with Gasteiger partial charge < -0.3 is 18.9 Å². The van der Waals surface area contributed by atoms with E-state index < -0.39 is 22.5 Å². The summed E-state index contributed by atoms with van der Waals surface area (Å²) in [5.41, 5.74) is 0.247. The fraction of sp³-hybridized carbons (Fsp3) is 0.350. The highest BCUT2D eigenvalue weighted by Gasteiger charge is 2.31. The molecule has 1 heterocycles. The van der Waals surface area contributed by atoms with Gasteiger partial charge in [-0.15, -0.1) is 0 Å². The van der Waals surface area contributed by atoms with Crippen LogP contribution in [0.2, 0.25) is 0 Å².